The lowest BCUT2D eigenvalue weighted by Gasteiger charge is -2.26. The second kappa shape index (κ2) is 4.50. The quantitative estimate of drug-likeness (QED) is 0.612. The van der Waals surface area contributed by atoms with Crippen LogP contribution in [-0.4, -0.2) is 52.4 Å². The Morgan fingerprint density at radius 1 is 1.12 bits per heavy atom. The molecule has 6 heteroatoms. The highest BCUT2D eigenvalue weighted by atomic mass is 16.5. The Kier molecular flexibility index (Phi) is 3.06. The van der Waals surface area contributed by atoms with E-state index in [1.165, 1.54) is 0 Å². The predicted octanol–water partition coefficient (Wildman–Crippen LogP) is 0.276. The average molecular weight is 239 g/mol. The van der Waals surface area contributed by atoms with Crippen LogP contribution in [0, 0.1) is 0 Å². The topological polar surface area (TPSA) is 90.2 Å². The van der Waals surface area contributed by atoms with Gasteiger partial charge >= 0.3 is 0 Å². The second-order valence-electron chi connectivity index (χ2n) is 3.77. The van der Waals surface area contributed by atoms with Crippen molar-refractivity contribution in [2.75, 3.05) is 26.3 Å². The molecule has 92 valence electrons. The van der Waals surface area contributed by atoms with Crippen LogP contribution in [0.15, 0.2) is 12.1 Å². The van der Waals surface area contributed by atoms with Gasteiger partial charge in [-0.15, -0.1) is 0 Å². The number of nitrogens with zero attached hydrogens (tertiary/aromatic N) is 1. The molecule has 6 nitrogen and oxygen atoms in total. The number of carbonyl (C=O) groups is 1. The van der Waals surface area contributed by atoms with Crippen molar-refractivity contribution in [1.82, 2.24) is 4.90 Å². The van der Waals surface area contributed by atoms with Crippen LogP contribution in [0.5, 0.6) is 17.2 Å². The fourth-order valence-electron chi connectivity index (χ4n) is 1.68. The molecule has 1 heterocycles. The number of rotatable bonds is 1. The molecule has 0 aliphatic carbocycles. The number of benzene rings is 1. The van der Waals surface area contributed by atoms with Gasteiger partial charge in [0.25, 0.3) is 5.91 Å². The SMILES string of the molecule is O=C(c1cc(O)c(O)c(O)c1)N1CCOCC1. The first-order valence-electron chi connectivity index (χ1n) is 5.21. The van der Waals surface area contributed by atoms with Crippen LogP contribution in [0.3, 0.4) is 0 Å². The Bertz CT molecular complexity index is 416. The zero-order chi connectivity index (χ0) is 12.4. The van der Waals surface area contributed by atoms with Crippen molar-refractivity contribution in [2.24, 2.45) is 0 Å². The summed E-state index contributed by atoms with van der Waals surface area (Å²) >= 11 is 0. The number of morpholine rings is 1. The molecule has 1 amide bonds. The van der Waals surface area contributed by atoms with Crippen molar-refractivity contribution in [2.45, 2.75) is 0 Å². The van der Waals surface area contributed by atoms with E-state index in [4.69, 9.17) is 4.74 Å². The third kappa shape index (κ3) is 2.26. The summed E-state index contributed by atoms with van der Waals surface area (Å²) in [6.07, 6.45) is 0. The van der Waals surface area contributed by atoms with E-state index in [1.54, 1.807) is 4.90 Å². The van der Waals surface area contributed by atoms with Crippen molar-refractivity contribution < 1.29 is 24.9 Å². The van der Waals surface area contributed by atoms with E-state index < -0.39 is 17.2 Å². The molecule has 1 fully saturated rings. The first kappa shape index (κ1) is 11.5. The van der Waals surface area contributed by atoms with Crippen molar-refractivity contribution in [3.63, 3.8) is 0 Å². The molecule has 1 aliphatic rings. The standard InChI is InChI=1S/C11H13NO5/c13-8-5-7(6-9(14)10(8)15)11(16)12-1-3-17-4-2-12/h5-6,13-15H,1-4H2. The number of aromatic hydroxyl groups is 3. The number of ether oxygens (including phenoxy) is 1. The Labute approximate surface area is 97.7 Å². The van der Waals surface area contributed by atoms with Gasteiger partial charge in [-0.1, -0.05) is 0 Å². The van der Waals surface area contributed by atoms with Crippen LogP contribution in [0.25, 0.3) is 0 Å². The molecule has 0 radical (unpaired) electrons. The molecule has 0 atom stereocenters. The summed E-state index contributed by atoms with van der Waals surface area (Å²) in [5, 5.41) is 27.8. The smallest absolute Gasteiger partial charge is 0.254 e. The Morgan fingerprint density at radius 3 is 2.18 bits per heavy atom. The Morgan fingerprint density at radius 2 is 1.65 bits per heavy atom. The molecule has 3 N–H and O–H groups in total. The molecule has 0 unspecified atom stereocenters. The first-order chi connectivity index (χ1) is 8.09. The van der Waals surface area contributed by atoms with E-state index in [1.807, 2.05) is 0 Å². The highest BCUT2D eigenvalue weighted by Gasteiger charge is 2.20. The molecular weight excluding hydrogens is 226 g/mol. The summed E-state index contributed by atoms with van der Waals surface area (Å²) in [7, 11) is 0. The number of hydrogen-bond acceptors (Lipinski definition) is 5. The molecule has 1 saturated heterocycles. The summed E-state index contributed by atoms with van der Waals surface area (Å²) in [5.74, 6) is -1.95. The van der Waals surface area contributed by atoms with Gasteiger partial charge in [-0.25, -0.2) is 0 Å². The minimum atomic E-state index is -0.622. The summed E-state index contributed by atoms with van der Waals surface area (Å²) in [6.45, 7) is 1.89. The molecule has 1 aliphatic heterocycles. The number of phenolic OH excluding ortho intramolecular Hbond substituents is 3. The van der Waals surface area contributed by atoms with Crippen LogP contribution >= 0.6 is 0 Å². The maximum atomic E-state index is 12.0. The lowest BCUT2D eigenvalue weighted by atomic mass is 10.1. The van der Waals surface area contributed by atoms with Gasteiger partial charge in [-0.2, -0.15) is 0 Å². The third-order valence-corrected chi connectivity index (χ3v) is 2.61. The van der Waals surface area contributed by atoms with Gasteiger partial charge in [0.1, 0.15) is 0 Å². The van der Waals surface area contributed by atoms with Crippen molar-refractivity contribution in [3.05, 3.63) is 17.7 Å². The molecule has 0 aromatic heterocycles. The molecule has 1 aromatic carbocycles. The van der Waals surface area contributed by atoms with Crippen molar-refractivity contribution in [3.8, 4) is 17.2 Å². The zero-order valence-electron chi connectivity index (χ0n) is 9.09. The molecule has 17 heavy (non-hydrogen) atoms. The van der Waals surface area contributed by atoms with Gasteiger partial charge in [0.2, 0.25) is 0 Å². The van der Waals surface area contributed by atoms with Crippen LogP contribution in [0.2, 0.25) is 0 Å². The summed E-state index contributed by atoms with van der Waals surface area (Å²) in [6, 6.07) is 2.26. The second-order valence-corrected chi connectivity index (χ2v) is 3.77. The van der Waals surface area contributed by atoms with Crippen LogP contribution in [-0.2, 0) is 4.74 Å². The van der Waals surface area contributed by atoms with Gasteiger partial charge in [0.15, 0.2) is 17.2 Å². The van der Waals surface area contributed by atoms with Gasteiger partial charge in [-0.05, 0) is 12.1 Å². The summed E-state index contributed by atoms with van der Waals surface area (Å²) < 4.78 is 5.12. The molecule has 0 spiro atoms. The molecule has 2 rings (SSSR count). The fraction of sp³-hybridized carbons (Fsp3) is 0.364. The van der Waals surface area contributed by atoms with Crippen molar-refractivity contribution in [1.29, 1.82) is 0 Å². The number of amides is 1. The van der Waals surface area contributed by atoms with E-state index in [-0.39, 0.29) is 11.5 Å². The minimum Gasteiger partial charge on any atom is -0.504 e. The van der Waals surface area contributed by atoms with Gasteiger partial charge in [-0.3, -0.25) is 4.79 Å². The van der Waals surface area contributed by atoms with E-state index in [0.717, 1.165) is 12.1 Å². The highest BCUT2D eigenvalue weighted by Crippen LogP contribution is 2.35. The monoisotopic (exact) mass is 239 g/mol. The maximum absolute atomic E-state index is 12.0. The number of carbonyl (C=O) groups excluding carboxylic acids is 1. The first-order valence-corrected chi connectivity index (χ1v) is 5.21. The largest absolute Gasteiger partial charge is 0.504 e. The molecular formula is C11H13NO5. The average Bonchev–Trinajstić information content (AvgIpc) is 2.35. The zero-order valence-corrected chi connectivity index (χ0v) is 9.09. The number of phenols is 3. The summed E-state index contributed by atoms with van der Waals surface area (Å²) in [5.41, 5.74) is 0.139. The minimum absolute atomic E-state index is 0.139. The lowest BCUT2D eigenvalue weighted by molar-refractivity contribution is 0.0302. The molecule has 0 bridgehead atoms. The number of hydrogen-bond donors (Lipinski definition) is 3. The van der Waals surface area contributed by atoms with Crippen molar-refractivity contribution >= 4 is 5.91 Å². The molecule has 1 aromatic rings. The van der Waals surface area contributed by atoms with Gasteiger partial charge in [0.05, 0.1) is 13.2 Å². The highest BCUT2D eigenvalue weighted by molar-refractivity contribution is 5.95. The normalized spacial score (nSPS) is 15.9. The Hall–Kier alpha value is -1.95. The van der Waals surface area contributed by atoms with Crippen LogP contribution in [0.1, 0.15) is 10.4 Å². The van der Waals surface area contributed by atoms with E-state index >= 15 is 0 Å². The van der Waals surface area contributed by atoms with Crippen LogP contribution in [0.4, 0.5) is 0 Å². The Balaban J connectivity index is 2.24. The van der Waals surface area contributed by atoms with E-state index in [9.17, 15) is 20.1 Å². The van der Waals surface area contributed by atoms with E-state index in [2.05, 4.69) is 0 Å². The fourth-order valence-corrected chi connectivity index (χ4v) is 1.68. The van der Waals surface area contributed by atoms with Gasteiger partial charge < -0.3 is 25.0 Å². The lowest BCUT2D eigenvalue weighted by Crippen LogP contribution is -2.40. The van der Waals surface area contributed by atoms with Gasteiger partial charge in [0, 0.05) is 18.7 Å². The maximum Gasteiger partial charge on any atom is 0.254 e. The van der Waals surface area contributed by atoms with E-state index in [0.29, 0.717) is 26.3 Å². The summed E-state index contributed by atoms with van der Waals surface area (Å²) in [4.78, 5) is 13.5. The third-order valence-electron chi connectivity index (χ3n) is 2.61. The van der Waals surface area contributed by atoms with Crippen LogP contribution < -0.4 is 0 Å². The molecule has 0 saturated carbocycles. The predicted molar refractivity (Wildman–Crippen MR) is 58.2 cm³/mol.